The van der Waals surface area contributed by atoms with Gasteiger partial charge in [-0.2, -0.15) is 0 Å². The summed E-state index contributed by atoms with van der Waals surface area (Å²) in [6.45, 7) is 3.36. The SMILES string of the molecule is Cc1cccc(CN(C)c2ncc(CN)cn2)c1. The standard InChI is InChI=1S/C14H18N4/c1-11-4-3-5-12(6-11)10-18(2)14-16-8-13(7-15)9-17-14/h3-6,8-9H,7,10,15H2,1-2H3. The van der Waals surface area contributed by atoms with Gasteiger partial charge in [0.05, 0.1) is 0 Å². The third-order valence-electron chi connectivity index (χ3n) is 2.77. The summed E-state index contributed by atoms with van der Waals surface area (Å²) in [5.74, 6) is 0.716. The molecule has 2 rings (SSSR count). The van der Waals surface area contributed by atoms with E-state index in [1.807, 2.05) is 11.9 Å². The molecule has 1 aromatic carbocycles. The number of nitrogens with zero attached hydrogens (tertiary/aromatic N) is 3. The Morgan fingerprint density at radius 3 is 2.50 bits per heavy atom. The van der Waals surface area contributed by atoms with Crippen LogP contribution >= 0.6 is 0 Å². The first-order chi connectivity index (χ1) is 8.69. The van der Waals surface area contributed by atoms with Gasteiger partial charge in [-0.05, 0) is 12.5 Å². The van der Waals surface area contributed by atoms with E-state index >= 15 is 0 Å². The predicted molar refractivity (Wildman–Crippen MR) is 73.2 cm³/mol. The molecule has 0 aliphatic rings. The molecule has 1 heterocycles. The Morgan fingerprint density at radius 2 is 1.89 bits per heavy atom. The lowest BCUT2D eigenvalue weighted by Crippen LogP contribution is -2.19. The third-order valence-corrected chi connectivity index (χ3v) is 2.77. The monoisotopic (exact) mass is 242 g/mol. The van der Waals surface area contributed by atoms with Crippen molar-refractivity contribution in [2.24, 2.45) is 5.73 Å². The van der Waals surface area contributed by atoms with Crippen molar-refractivity contribution in [1.29, 1.82) is 0 Å². The average molecular weight is 242 g/mol. The number of anilines is 1. The van der Waals surface area contributed by atoms with E-state index in [0.717, 1.165) is 12.1 Å². The number of hydrogen-bond acceptors (Lipinski definition) is 4. The van der Waals surface area contributed by atoms with Crippen LogP contribution in [0.1, 0.15) is 16.7 Å². The quantitative estimate of drug-likeness (QED) is 0.889. The normalized spacial score (nSPS) is 10.4. The maximum absolute atomic E-state index is 5.52. The number of benzene rings is 1. The molecular weight excluding hydrogens is 224 g/mol. The molecule has 0 atom stereocenters. The van der Waals surface area contributed by atoms with Crippen LogP contribution in [0.4, 0.5) is 5.95 Å². The van der Waals surface area contributed by atoms with Gasteiger partial charge in [-0.3, -0.25) is 0 Å². The molecule has 2 N–H and O–H groups in total. The summed E-state index contributed by atoms with van der Waals surface area (Å²) < 4.78 is 0. The molecule has 0 saturated heterocycles. The molecule has 2 aromatic rings. The molecule has 4 nitrogen and oxygen atoms in total. The minimum Gasteiger partial charge on any atom is -0.340 e. The van der Waals surface area contributed by atoms with Crippen molar-refractivity contribution in [3.05, 3.63) is 53.3 Å². The maximum atomic E-state index is 5.52. The Kier molecular flexibility index (Phi) is 3.89. The predicted octanol–water partition coefficient (Wildman–Crippen LogP) is 1.88. The number of aryl methyl sites for hydroxylation is 1. The van der Waals surface area contributed by atoms with Crippen molar-refractivity contribution in [2.45, 2.75) is 20.0 Å². The van der Waals surface area contributed by atoms with E-state index in [-0.39, 0.29) is 0 Å². The first-order valence-electron chi connectivity index (χ1n) is 5.96. The summed E-state index contributed by atoms with van der Waals surface area (Å²) in [7, 11) is 1.99. The van der Waals surface area contributed by atoms with Crippen molar-refractivity contribution in [3.8, 4) is 0 Å². The van der Waals surface area contributed by atoms with Gasteiger partial charge >= 0.3 is 0 Å². The van der Waals surface area contributed by atoms with Crippen molar-refractivity contribution < 1.29 is 0 Å². The van der Waals surface area contributed by atoms with Gasteiger partial charge in [0.25, 0.3) is 0 Å². The van der Waals surface area contributed by atoms with Crippen LogP contribution < -0.4 is 10.6 Å². The lowest BCUT2D eigenvalue weighted by molar-refractivity contribution is 0.857. The highest BCUT2D eigenvalue weighted by atomic mass is 15.2. The average Bonchev–Trinajstić information content (AvgIpc) is 2.39. The fraction of sp³-hybridized carbons (Fsp3) is 0.286. The van der Waals surface area contributed by atoms with Gasteiger partial charge in [0.15, 0.2) is 0 Å². The van der Waals surface area contributed by atoms with Gasteiger partial charge in [0, 0.05) is 38.1 Å². The maximum Gasteiger partial charge on any atom is 0.225 e. The highest BCUT2D eigenvalue weighted by Gasteiger charge is 2.05. The molecule has 0 aliphatic heterocycles. The fourth-order valence-corrected chi connectivity index (χ4v) is 1.81. The van der Waals surface area contributed by atoms with Gasteiger partial charge in [-0.25, -0.2) is 9.97 Å². The molecule has 0 bridgehead atoms. The van der Waals surface area contributed by atoms with E-state index in [4.69, 9.17) is 5.73 Å². The number of aromatic nitrogens is 2. The zero-order chi connectivity index (χ0) is 13.0. The number of hydrogen-bond donors (Lipinski definition) is 1. The van der Waals surface area contributed by atoms with Crippen LogP contribution in [0.5, 0.6) is 0 Å². The molecule has 94 valence electrons. The number of rotatable bonds is 4. The smallest absolute Gasteiger partial charge is 0.225 e. The Morgan fingerprint density at radius 1 is 1.17 bits per heavy atom. The van der Waals surface area contributed by atoms with Crippen molar-refractivity contribution in [2.75, 3.05) is 11.9 Å². The lowest BCUT2D eigenvalue weighted by atomic mass is 10.1. The lowest BCUT2D eigenvalue weighted by Gasteiger charge is -2.17. The number of nitrogens with two attached hydrogens (primary N) is 1. The Labute approximate surface area is 107 Å². The highest BCUT2D eigenvalue weighted by Crippen LogP contribution is 2.11. The topological polar surface area (TPSA) is 55.0 Å². The summed E-state index contributed by atoms with van der Waals surface area (Å²) >= 11 is 0. The summed E-state index contributed by atoms with van der Waals surface area (Å²) in [6, 6.07) is 8.44. The minimum absolute atomic E-state index is 0.474. The van der Waals surface area contributed by atoms with E-state index in [2.05, 4.69) is 41.2 Å². The molecule has 0 unspecified atom stereocenters. The molecule has 1 aromatic heterocycles. The van der Waals surface area contributed by atoms with E-state index in [9.17, 15) is 0 Å². The molecule has 0 radical (unpaired) electrons. The van der Waals surface area contributed by atoms with Gasteiger partial charge in [0.2, 0.25) is 5.95 Å². The Bertz CT molecular complexity index is 507. The summed E-state index contributed by atoms with van der Waals surface area (Å²) in [5.41, 5.74) is 8.99. The van der Waals surface area contributed by atoms with Crippen LogP contribution in [0.25, 0.3) is 0 Å². The highest BCUT2D eigenvalue weighted by molar-refractivity contribution is 5.32. The second-order valence-electron chi connectivity index (χ2n) is 4.44. The zero-order valence-corrected chi connectivity index (χ0v) is 10.8. The van der Waals surface area contributed by atoms with E-state index in [1.165, 1.54) is 11.1 Å². The van der Waals surface area contributed by atoms with E-state index in [1.54, 1.807) is 12.4 Å². The van der Waals surface area contributed by atoms with Gasteiger partial charge < -0.3 is 10.6 Å². The third kappa shape index (κ3) is 3.05. The second-order valence-corrected chi connectivity index (χ2v) is 4.44. The largest absolute Gasteiger partial charge is 0.340 e. The summed E-state index contributed by atoms with van der Waals surface area (Å²) in [5, 5.41) is 0. The molecule has 0 spiro atoms. The van der Waals surface area contributed by atoms with Crippen LogP contribution in [0.3, 0.4) is 0 Å². The second kappa shape index (κ2) is 5.60. The summed E-state index contributed by atoms with van der Waals surface area (Å²) in [6.07, 6.45) is 3.55. The molecule has 0 aliphatic carbocycles. The van der Waals surface area contributed by atoms with Gasteiger partial charge in [0.1, 0.15) is 0 Å². The van der Waals surface area contributed by atoms with E-state index in [0.29, 0.717) is 12.5 Å². The van der Waals surface area contributed by atoms with Crippen LogP contribution in [-0.2, 0) is 13.1 Å². The van der Waals surface area contributed by atoms with Crippen LogP contribution in [0.15, 0.2) is 36.7 Å². The van der Waals surface area contributed by atoms with Crippen molar-refractivity contribution in [3.63, 3.8) is 0 Å². The zero-order valence-electron chi connectivity index (χ0n) is 10.8. The van der Waals surface area contributed by atoms with Crippen LogP contribution in [0, 0.1) is 6.92 Å². The van der Waals surface area contributed by atoms with E-state index < -0.39 is 0 Å². The van der Waals surface area contributed by atoms with Crippen LogP contribution in [-0.4, -0.2) is 17.0 Å². The molecule has 0 amide bonds. The molecule has 0 fully saturated rings. The van der Waals surface area contributed by atoms with Crippen molar-refractivity contribution in [1.82, 2.24) is 9.97 Å². The molecule has 4 heteroatoms. The first kappa shape index (κ1) is 12.5. The van der Waals surface area contributed by atoms with Gasteiger partial charge in [-0.15, -0.1) is 0 Å². The first-order valence-corrected chi connectivity index (χ1v) is 5.96. The molecule has 18 heavy (non-hydrogen) atoms. The Hall–Kier alpha value is -1.94. The molecular formula is C14H18N4. The Balaban J connectivity index is 2.09. The minimum atomic E-state index is 0.474. The fourth-order valence-electron chi connectivity index (χ4n) is 1.81. The molecule has 0 saturated carbocycles. The van der Waals surface area contributed by atoms with Crippen molar-refractivity contribution >= 4 is 5.95 Å². The summed E-state index contributed by atoms with van der Waals surface area (Å²) in [4.78, 5) is 10.6. The van der Waals surface area contributed by atoms with Gasteiger partial charge in [-0.1, -0.05) is 29.8 Å². The van der Waals surface area contributed by atoms with Crippen LogP contribution in [0.2, 0.25) is 0 Å².